The summed E-state index contributed by atoms with van der Waals surface area (Å²) in [4.78, 5) is 7.88. The lowest BCUT2D eigenvalue weighted by Crippen LogP contribution is -1.97. The number of hydrogen-bond donors (Lipinski definition) is 0. The van der Waals surface area contributed by atoms with E-state index in [9.17, 15) is 8.42 Å². The van der Waals surface area contributed by atoms with Gasteiger partial charge in [-0.1, -0.05) is 17.7 Å². The molecule has 2 rings (SSSR count). The first-order valence-corrected chi connectivity index (χ1v) is 7.17. The van der Waals surface area contributed by atoms with Crippen LogP contribution in [-0.2, 0) is 9.84 Å². The third-order valence-electron chi connectivity index (χ3n) is 2.04. The van der Waals surface area contributed by atoms with Gasteiger partial charge in [0.15, 0.2) is 9.84 Å². The van der Waals surface area contributed by atoms with Crippen LogP contribution in [0.4, 0.5) is 0 Å². The highest BCUT2D eigenvalue weighted by molar-refractivity contribution is 7.90. The highest BCUT2D eigenvalue weighted by Gasteiger charge is 2.08. The van der Waals surface area contributed by atoms with Crippen LogP contribution in [0, 0.1) is 0 Å². The quantitative estimate of drug-likeness (QED) is 0.865. The average Bonchev–Trinajstić information content (AvgIpc) is 2.31. The summed E-state index contributed by atoms with van der Waals surface area (Å²) in [5.74, 6) is 0.347. The Balaban J connectivity index is 2.27. The summed E-state index contributed by atoms with van der Waals surface area (Å²) >= 11 is 5.64. The van der Waals surface area contributed by atoms with E-state index in [1.165, 1.54) is 24.5 Å². The summed E-state index contributed by atoms with van der Waals surface area (Å²) < 4.78 is 28.1. The standard InChI is InChI=1S/C11H9ClN2O3S/c1-18(15,16)10-4-2-3-9(5-10)17-11-13-6-8(12)7-14-11/h2-7H,1H3. The van der Waals surface area contributed by atoms with Crippen molar-refractivity contribution in [3.63, 3.8) is 0 Å². The van der Waals surface area contributed by atoms with Crippen molar-refractivity contribution in [2.24, 2.45) is 0 Å². The third kappa shape index (κ3) is 3.18. The second-order valence-electron chi connectivity index (χ2n) is 3.53. The Kier molecular flexibility index (Phi) is 3.49. The fourth-order valence-electron chi connectivity index (χ4n) is 1.23. The molecule has 0 saturated carbocycles. The Bertz CT molecular complexity index is 656. The molecule has 0 bridgehead atoms. The summed E-state index contributed by atoms with van der Waals surface area (Å²) in [5, 5.41) is 0.396. The number of nitrogens with zero attached hydrogens (tertiary/aromatic N) is 2. The molecule has 0 aliphatic carbocycles. The summed E-state index contributed by atoms with van der Waals surface area (Å²) in [7, 11) is -3.27. The maximum absolute atomic E-state index is 11.4. The van der Waals surface area contributed by atoms with E-state index in [1.807, 2.05) is 0 Å². The molecule has 2 aromatic rings. The normalized spacial score (nSPS) is 11.2. The maximum Gasteiger partial charge on any atom is 0.321 e. The van der Waals surface area contributed by atoms with Crippen LogP contribution in [-0.4, -0.2) is 24.6 Å². The average molecular weight is 285 g/mol. The van der Waals surface area contributed by atoms with Gasteiger partial charge >= 0.3 is 6.01 Å². The van der Waals surface area contributed by atoms with E-state index in [4.69, 9.17) is 16.3 Å². The van der Waals surface area contributed by atoms with Crippen LogP contribution < -0.4 is 4.74 Å². The fourth-order valence-corrected chi connectivity index (χ4v) is 1.98. The predicted octanol–water partition coefficient (Wildman–Crippen LogP) is 2.33. The molecule has 1 heterocycles. The zero-order chi connectivity index (χ0) is 13.2. The number of aromatic nitrogens is 2. The monoisotopic (exact) mass is 284 g/mol. The Morgan fingerprint density at radius 2 is 1.89 bits per heavy atom. The fraction of sp³-hybridized carbons (Fsp3) is 0.0909. The second kappa shape index (κ2) is 4.91. The van der Waals surface area contributed by atoms with Crippen LogP contribution in [0.2, 0.25) is 5.02 Å². The molecule has 0 fully saturated rings. The van der Waals surface area contributed by atoms with Gasteiger partial charge < -0.3 is 4.74 Å². The molecular formula is C11H9ClN2O3S. The van der Waals surface area contributed by atoms with Gasteiger partial charge in [0.2, 0.25) is 0 Å². The highest BCUT2D eigenvalue weighted by Crippen LogP contribution is 2.21. The lowest BCUT2D eigenvalue weighted by molar-refractivity contribution is 0.440. The van der Waals surface area contributed by atoms with Crippen LogP contribution in [0.25, 0.3) is 0 Å². The number of hydrogen-bond acceptors (Lipinski definition) is 5. The van der Waals surface area contributed by atoms with Crippen molar-refractivity contribution in [2.45, 2.75) is 4.90 Å². The summed E-state index contributed by atoms with van der Waals surface area (Å²) in [6.45, 7) is 0. The van der Waals surface area contributed by atoms with Crippen LogP contribution >= 0.6 is 11.6 Å². The molecule has 0 N–H and O–H groups in total. The number of sulfone groups is 1. The molecule has 0 spiro atoms. The van der Waals surface area contributed by atoms with Crippen molar-refractivity contribution in [3.8, 4) is 11.8 Å². The third-order valence-corrected chi connectivity index (χ3v) is 3.34. The van der Waals surface area contributed by atoms with Crippen LogP contribution in [0.15, 0.2) is 41.6 Å². The molecule has 0 unspecified atom stereocenters. The van der Waals surface area contributed by atoms with Gasteiger partial charge in [-0.2, -0.15) is 0 Å². The van der Waals surface area contributed by atoms with Gasteiger partial charge in [0.1, 0.15) is 5.75 Å². The topological polar surface area (TPSA) is 69.2 Å². The molecule has 0 radical (unpaired) electrons. The minimum atomic E-state index is -3.27. The van der Waals surface area contributed by atoms with E-state index in [-0.39, 0.29) is 10.9 Å². The van der Waals surface area contributed by atoms with E-state index in [0.29, 0.717) is 10.8 Å². The molecule has 0 aliphatic heterocycles. The van der Waals surface area contributed by atoms with Gasteiger partial charge in [0.25, 0.3) is 0 Å². The number of benzene rings is 1. The number of halogens is 1. The van der Waals surface area contributed by atoms with E-state index in [2.05, 4.69) is 9.97 Å². The van der Waals surface area contributed by atoms with Gasteiger partial charge in [-0.3, -0.25) is 0 Å². The first-order valence-electron chi connectivity index (χ1n) is 4.91. The minimum absolute atomic E-state index is 0.102. The highest BCUT2D eigenvalue weighted by atomic mass is 35.5. The van der Waals surface area contributed by atoms with Gasteiger partial charge in [-0.25, -0.2) is 18.4 Å². The van der Waals surface area contributed by atoms with Crippen molar-refractivity contribution in [3.05, 3.63) is 41.7 Å². The van der Waals surface area contributed by atoms with Crippen molar-refractivity contribution in [2.75, 3.05) is 6.26 Å². The Morgan fingerprint density at radius 1 is 1.22 bits per heavy atom. The first-order chi connectivity index (χ1) is 8.45. The van der Waals surface area contributed by atoms with Gasteiger partial charge in [0, 0.05) is 6.26 Å². The molecule has 1 aromatic heterocycles. The summed E-state index contributed by atoms with van der Waals surface area (Å²) in [6.07, 6.45) is 3.92. The van der Waals surface area contributed by atoms with E-state index in [1.54, 1.807) is 12.1 Å². The SMILES string of the molecule is CS(=O)(=O)c1cccc(Oc2ncc(Cl)cn2)c1. The molecular weight excluding hydrogens is 276 g/mol. The van der Waals surface area contributed by atoms with Gasteiger partial charge in [-0.05, 0) is 18.2 Å². The molecule has 7 heteroatoms. The molecule has 94 valence electrons. The van der Waals surface area contributed by atoms with E-state index >= 15 is 0 Å². The largest absolute Gasteiger partial charge is 0.424 e. The second-order valence-corrected chi connectivity index (χ2v) is 5.99. The van der Waals surface area contributed by atoms with E-state index < -0.39 is 9.84 Å². The van der Waals surface area contributed by atoms with Crippen molar-refractivity contribution in [1.29, 1.82) is 0 Å². The molecule has 0 aliphatic rings. The van der Waals surface area contributed by atoms with Gasteiger partial charge in [0.05, 0.1) is 22.3 Å². The lowest BCUT2D eigenvalue weighted by Gasteiger charge is -2.04. The van der Waals surface area contributed by atoms with E-state index in [0.717, 1.165) is 6.26 Å². The Hall–Kier alpha value is -1.66. The molecule has 1 aromatic carbocycles. The molecule has 5 nitrogen and oxygen atoms in total. The number of ether oxygens (including phenoxy) is 1. The maximum atomic E-state index is 11.4. The Labute approximate surface area is 109 Å². The predicted molar refractivity (Wildman–Crippen MR) is 66.7 cm³/mol. The zero-order valence-corrected chi connectivity index (χ0v) is 10.9. The smallest absolute Gasteiger partial charge is 0.321 e. The number of rotatable bonds is 3. The molecule has 0 amide bonds. The van der Waals surface area contributed by atoms with Crippen LogP contribution in [0.3, 0.4) is 0 Å². The summed E-state index contributed by atoms with van der Waals surface area (Å²) in [6, 6.07) is 6.21. The van der Waals surface area contributed by atoms with Crippen molar-refractivity contribution in [1.82, 2.24) is 9.97 Å². The molecule has 0 atom stereocenters. The van der Waals surface area contributed by atoms with Gasteiger partial charge in [-0.15, -0.1) is 0 Å². The minimum Gasteiger partial charge on any atom is -0.424 e. The molecule has 0 saturated heterocycles. The van der Waals surface area contributed by atoms with Crippen LogP contribution in [0.5, 0.6) is 11.8 Å². The Morgan fingerprint density at radius 3 is 2.50 bits per heavy atom. The summed E-state index contributed by atoms with van der Waals surface area (Å²) in [5.41, 5.74) is 0. The molecule has 18 heavy (non-hydrogen) atoms. The van der Waals surface area contributed by atoms with Crippen LogP contribution in [0.1, 0.15) is 0 Å². The zero-order valence-electron chi connectivity index (χ0n) is 9.37. The van der Waals surface area contributed by atoms with Crippen molar-refractivity contribution < 1.29 is 13.2 Å². The van der Waals surface area contributed by atoms with Crippen molar-refractivity contribution >= 4 is 21.4 Å². The first kappa shape index (κ1) is 12.8. The lowest BCUT2D eigenvalue weighted by atomic mass is 10.3.